The molecule has 4 heterocycles. The minimum atomic E-state index is -1.80. The van der Waals surface area contributed by atoms with Crippen molar-refractivity contribution in [3.8, 4) is 23.1 Å². The van der Waals surface area contributed by atoms with Crippen LogP contribution in [0.25, 0.3) is 16.6 Å². The zero-order chi connectivity index (χ0) is 33.1. The molecule has 1 atom stereocenters. The predicted molar refractivity (Wildman–Crippen MR) is 168 cm³/mol. The number of H-pyrrole nitrogens is 1. The smallest absolute Gasteiger partial charge is 0.329 e. The lowest BCUT2D eigenvalue weighted by atomic mass is 10.1. The van der Waals surface area contributed by atoms with Gasteiger partial charge in [-0.1, -0.05) is 6.07 Å². The first-order valence-electron chi connectivity index (χ1n) is 13.5. The topological polar surface area (TPSA) is 157 Å². The summed E-state index contributed by atoms with van der Waals surface area (Å²) in [4.78, 5) is 47.2. The van der Waals surface area contributed by atoms with E-state index in [0.29, 0.717) is 22.2 Å². The minimum Gasteiger partial charge on any atom is -0.449 e. The van der Waals surface area contributed by atoms with E-state index in [9.17, 15) is 27.6 Å². The fraction of sp³-hybridized carbons (Fsp3) is 0.167. The lowest BCUT2D eigenvalue weighted by Gasteiger charge is -2.19. The number of hydrogen-bond acceptors (Lipinski definition) is 8. The van der Waals surface area contributed by atoms with Crippen molar-refractivity contribution in [1.29, 1.82) is 0 Å². The number of alkyl halides is 2. The number of imide groups is 1. The largest absolute Gasteiger partial charge is 0.449 e. The Morgan fingerprint density at radius 2 is 1.80 bits per heavy atom. The van der Waals surface area contributed by atoms with Gasteiger partial charge in [0.2, 0.25) is 17.4 Å². The Hall–Kier alpha value is -5.13. The van der Waals surface area contributed by atoms with E-state index in [1.807, 2.05) is 0 Å². The van der Waals surface area contributed by atoms with Crippen molar-refractivity contribution in [2.75, 3.05) is 10.6 Å². The van der Waals surface area contributed by atoms with Gasteiger partial charge in [-0.15, -0.1) is 0 Å². The fourth-order valence-electron chi connectivity index (χ4n) is 4.96. The molecule has 2 aromatic carbocycles. The van der Waals surface area contributed by atoms with Gasteiger partial charge in [0.15, 0.2) is 11.6 Å². The molecule has 0 aliphatic carbocycles. The zero-order valence-electron chi connectivity index (χ0n) is 24.2. The first-order chi connectivity index (χ1) is 21.7. The van der Waals surface area contributed by atoms with E-state index < -0.39 is 45.0 Å². The molecule has 6 rings (SSSR count). The monoisotopic (exact) mass is 745 g/mol. The third kappa shape index (κ3) is 5.37. The molecule has 0 spiro atoms. The van der Waals surface area contributed by atoms with Crippen LogP contribution >= 0.6 is 22.6 Å². The minimum absolute atomic E-state index is 0.0128. The number of nitrogen functional groups attached to an aromatic ring is 1. The number of carbonyl (C=O) groups is 3. The highest BCUT2D eigenvalue weighted by molar-refractivity contribution is 14.1. The van der Waals surface area contributed by atoms with Gasteiger partial charge in [0.05, 0.1) is 35.0 Å². The molecule has 0 bridgehead atoms. The number of carbonyl (C=O) groups excluding carboxylic acids is 3. The number of hydrogen-bond donors (Lipinski definition) is 3. The fourth-order valence-corrected chi connectivity index (χ4v) is 5.23. The van der Waals surface area contributed by atoms with E-state index in [1.54, 1.807) is 6.92 Å². The highest BCUT2D eigenvalue weighted by Crippen LogP contribution is 2.38. The molecule has 1 aliphatic heterocycles. The molecule has 3 aromatic heterocycles. The Morgan fingerprint density at radius 1 is 1.09 bits per heavy atom. The first-order valence-corrected chi connectivity index (χ1v) is 14.7. The van der Waals surface area contributed by atoms with E-state index in [2.05, 4.69) is 20.4 Å². The number of benzene rings is 2. The van der Waals surface area contributed by atoms with Crippen molar-refractivity contribution in [1.82, 2.24) is 25.1 Å². The second kappa shape index (κ2) is 11.3. The van der Waals surface area contributed by atoms with Crippen LogP contribution in [-0.4, -0.2) is 47.4 Å². The van der Waals surface area contributed by atoms with Crippen LogP contribution < -0.4 is 25.4 Å². The summed E-state index contributed by atoms with van der Waals surface area (Å²) in [6, 6.07) is 8.35. The summed E-state index contributed by atoms with van der Waals surface area (Å²) in [7, 11) is 0. The first kappa shape index (κ1) is 30.9. The number of nitrogens with zero attached hydrogens (tertiary/aromatic N) is 4. The number of para-hydroxylation sites is 1. The molecular formula is C30H23F3IN7O5. The molecular weight excluding hydrogens is 722 g/mol. The van der Waals surface area contributed by atoms with Crippen molar-refractivity contribution < 1.29 is 37.0 Å². The van der Waals surface area contributed by atoms with Crippen LogP contribution in [0.1, 0.15) is 35.5 Å². The molecule has 3 amide bonds. The molecule has 12 nitrogen and oxygen atoms in total. The van der Waals surface area contributed by atoms with Crippen LogP contribution in [0.4, 0.5) is 29.5 Å². The third-order valence-corrected chi connectivity index (χ3v) is 7.48. The molecule has 1 fully saturated rings. The molecule has 16 heteroatoms. The number of nitrogens with two attached hydrogens (primary N) is 1. The molecule has 0 saturated carbocycles. The molecule has 1 saturated heterocycles. The number of ketones is 1. The lowest BCUT2D eigenvalue weighted by Crippen LogP contribution is -2.40. The highest BCUT2D eigenvalue weighted by Gasteiger charge is 2.46. The number of aromatic amines is 1. The van der Waals surface area contributed by atoms with E-state index >= 15 is 0 Å². The number of amides is 3. The number of ether oxygens (including phenoxy) is 2. The summed E-state index contributed by atoms with van der Waals surface area (Å²) in [5.41, 5.74) is 6.48. The number of aromatic nitrogens is 4. The van der Waals surface area contributed by atoms with Gasteiger partial charge in [-0.05, 0) is 56.7 Å². The second-order valence-electron chi connectivity index (χ2n) is 10.8. The van der Waals surface area contributed by atoms with Crippen LogP contribution in [-0.2, 0) is 4.79 Å². The lowest BCUT2D eigenvalue weighted by molar-refractivity contribution is -0.121. The number of anilines is 2. The number of rotatable bonds is 8. The molecule has 1 unspecified atom stereocenters. The molecule has 236 valence electrons. The van der Waals surface area contributed by atoms with E-state index in [-0.39, 0.29) is 34.4 Å². The van der Waals surface area contributed by atoms with Crippen LogP contribution in [0, 0.1) is 18.6 Å². The third-order valence-electron chi connectivity index (χ3n) is 7.23. The summed E-state index contributed by atoms with van der Waals surface area (Å²) in [6.45, 7) is 4.74. The number of urea groups is 1. The van der Waals surface area contributed by atoms with Gasteiger partial charge in [-0.25, -0.2) is 28.1 Å². The van der Waals surface area contributed by atoms with Crippen LogP contribution in [0.5, 0.6) is 17.4 Å². The van der Waals surface area contributed by atoms with E-state index in [0.717, 1.165) is 17.0 Å². The van der Waals surface area contributed by atoms with Crippen LogP contribution in [0.2, 0.25) is 0 Å². The number of aryl methyl sites for hydroxylation is 1. The average Bonchev–Trinajstić information content (AvgIpc) is 3.62. The van der Waals surface area contributed by atoms with Gasteiger partial charge in [0, 0.05) is 39.6 Å². The Labute approximate surface area is 271 Å². The molecule has 4 N–H and O–H groups in total. The summed E-state index contributed by atoms with van der Waals surface area (Å²) < 4.78 is 52.1. The molecule has 1 aliphatic rings. The summed E-state index contributed by atoms with van der Waals surface area (Å²) >= 11 is 1.39. The van der Waals surface area contributed by atoms with Crippen molar-refractivity contribution in [3.63, 3.8) is 0 Å². The Bertz CT molecular complexity index is 2060. The maximum Gasteiger partial charge on any atom is 0.329 e. The number of pyridine rings is 1. The van der Waals surface area contributed by atoms with Gasteiger partial charge in [-0.2, -0.15) is 9.49 Å². The zero-order valence-corrected chi connectivity index (χ0v) is 26.4. The number of fused-ring (bicyclic) bond motifs is 1. The van der Waals surface area contributed by atoms with Gasteiger partial charge < -0.3 is 25.5 Å². The van der Waals surface area contributed by atoms with Crippen LogP contribution in [0.15, 0.2) is 54.9 Å². The predicted octanol–water partition coefficient (Wildman–Crippen LogP) is 5.84. The SMILES string of the molecule is Cc1cc(Oc2c(F)cccc2F)ncc1-n1ncc(C(=O)c2cc3cc(OC(F)I)c(N4C(=O)NC(C)(C)C4=O)cc3[nH]2)c1N. The average molecular weight is 745 g/mol. The van der Waals surface area contributed by atoms with Crippen molar-refractivity contribution >= 4 is 62.7 Å². The van der Waals surface area contributed by atoms with Crippen molar-refractivity contribution in [3.05, 3.63) is 83.3 Å². The van der Waals surface area contributed by atoms with Crippen molar-refractivity contribution in [2.24, 2.45) is 0 Å². The second-order valence-corrected chi connectivity index (χ2v) is 11.8. The number of nitrogens with one attached hydrogen (secondary N) is 2. The van der Waals surface area contributed by atoms with Crippen molar-refractivity contribution in [2.45, 2.75) is 30.7 Å². The Morgan fingerprint density at radius 3 is 2.43 bits per heavy atom. The van der Waals surface area contributed by atoms with Gasteiger partial charge in [0.1, 0.15) is 17.1 Å². The van der Waals surface area contributed by atoms with Gasteiger partial charge in [0.25, 0.3) is 10.3 Å². The summed E-state index contributed by atoms with van der Waals surface area (Å²) in [5, 5.41) is 7.23. The van der Waals surface area contributed by atoms with E-state index in [4.69, 9.17) is 15.2 Å². The Kier molecular flexibility index (Phi) is 7.61. The maximum atomic E-state index is 14.0. The molecule has 5 aromatic rings. The molecule has 0 radical (unpaired) electrons. The highest BCUT2D eigenvalue weighted by atomic mass is 127. The standard InChI is InChI=1S/C30H23F3IN7O5/c1-13-7-23(46-25-16(31)5-4-6-17(25)32)36-12-21(13)41-26(35)15(11-37-41)24(42)19-8-14-9-22(45-28(33)34)20(10-18(14)38-19)40-27(43)30(2,3)39-29(40)44/h4-12,28,38H,35H2,1-3H3,(H,39,44). The normalized spacial score (nSPS) is 14.9. The van der Waals surface area contributed by atoms with Crippen LogP contribution in [0.3, 0.4) is 0 Å². The summed E-state index contributed by atoms with van der Waals surface area (Å²) in [6.07, 6.45) is 2.59. The Balaban J connectivity index is 1.32. The van der Waals surface area contributed by atoms with Gasteiger partial charge >= 0.3 is 6.03 Å². The van der Waals surface area contributed by atoms with Gasteiger partial charge in [-0.3, -0.25) is 9.59 Å². The quantitative estimate of drug-likeness (QED) is 0.0774. The maximum absolute atomic E-state index is 14.0. The summed E-state index contributed by atoms with van der Waals surface area (Å²) in [5.74, 6) is -3.70. The molecule has 46 heavy (non-hydrogen) atoms. The van der Waals surface area contributed by atoms with E-state index in [1.165, 1.54) is 83.8 Å². The number of halogens is 4.